The van der Waals surface area contributed by atoms with Crippen LogP contribution in [-0.4, -0.2) is 25.7 Å². The number of benzene rings is 1. The highest BCUT2D eigenvalue weighted by Gasteiger charge is 2.20. The van der Waals surface area contributed by atoms with Gasteiger partial charge in [0.1, 0.15) is 5.82 Å². The van der Waals surface area contributed by atoms with E-state index in [1.54, 1.807) is 12.1 Å². The van der Waals surface area contributed by atoms with Crippen molar-refractivity contribution in [3.8, 4) is 0 Å². The molecule has 1 atom stereocenters. The maximum Gasteiger partial charge on any atom is 0.146 e. The Kier molecular flexibility index (Phi) is 3.12. The van der Waals surface area contributed by atoms with Crippen molar-refractivity contribution in [2.75, 3.05) is 24.5 Å². The SMILES string of the molecule is CC1CNCCN1c1cc(Cl)ccc1F. The van der Waals surface area contributed by atoms with Gasteiger partial charge < -0.3 is 10.2 Å². The molecule has 1 aromatic rings. The second kappa shape index (κ2) is 4.37. The van der Waals surface area contributed by atoms with Crippen LogP contribution in [0.2, 0.25) is 5.02 Å². The van der Waals surface area contributed by atoms with E-state index in [2.05, 4.69) is 17.1 Å². The minimum Gasteiger partial charge on any atom is -0.364 e. The first-order valence-electron chi connectivity index (χ1n) is 5.11. The Bertz CT molecular complexity index is 356. The largest absolute Gasteiger partial charge is 0.364 e. The van der Waals surface area contributed by atoms with Crippen molar-refractivity contribution in [2.45, 2.75) is 13.0 Å². The van der Waals surface area contributed by atoms with Crippen LogP contribution < -0.4 is 10.2 Å². The van der Waals surface area contributed by atoms with E-state index in [9.17, 15) is 4.39 Å². The van der Waals surface area contributed by atoms with Crippen molar-refractivity contribution in [3.63, 3.8) is 0 Å². The van der Waals surface area contributed by atoms with Gasteiger partial charge in [-0.25, -0.2) is 4.39 Å². The lowest BCUT2D eigenvalue weighted by molar-refractivity contribution is 0.491. The molecule has 1 aliphatic rings. The van der Waals surface area contributed by atoms with E-state index < -0.39 is 0 Å². The fraction of sp³-hybridized carbons (Fsp3) is 0.455. The van der Waals surface area contributed by atoms with Gasteiger partial charge >= 0.3 is 0 Å². The molecule has 4 heteroatoms. The number of hydrogen-bond acceptors (Lipinski definition) is 2. The third-order valence-corrected chi connectivity index (χ3v) is 2.95. The number of nitrogens with zero attached hydrogens (tertiary/aromatic N) is 1. The molecule has 0 bridgehead atoms. The van der Waals surface area contributed by atoms with Gasteiger partial charge in [0, 0.05) is 30.7 Å². The molecule has 0 spiro atoms. The molecule has 82 valence electrons. The molecular weight excluding hydrogens is 215 g/mol. The summed E-state index contributed by atoms with van der Waals surface area (Å²) in [5.41, 5.74) is 0.608. The molecular formula is C11H14ClFN2. The lowest BCUT2D eigenvalue weighted by atomic mass is 10.1. The van der Waals surface area contributed by atoms with E-state index >= 15 is 0 Å². The predicted molar refractivity (Wildman–Crippen MR) is 61.1 cm³/mol. The second-order valence-corrected chi connectivity index (χ2v) is 4.28. The average molecular weight is 229 g/mol. The molecule has 1 fully saturated rings. The minimum atomic E-state index is -0.201. The highest BCUT2D eigenvalue weighted by atomic mass is 35.5. The van der Waals surface area contributed by atoms with Gasteiger partial charge in [-0.05, 0) is 25.1 Å². The number of anilines is 1. The first kappa shape index (κ1) is 10.7. The normalized spacial score (nSPS) is 21.8. The first-order valence-corrected chi connectivity index (χ1v) is 5.48. The van der Waals surface area contributed by atoms with Gasteiger partial charge in [-0.2, -0.15) is 0 Å². The third kappa shape index (κ3) is 2.24. The Morgan fingerprint density at radius 3 is 3.07 bits per heavy atom. The van der Waals surface area contributed by atoms with Crippen molar-refractivity contribution in [1.29, 1.82) is 0 Å². The number of halogens is 2. The van der Waals surface area contributed by atoms with Crippen LogP contribution in [0.3, 0.4) is 0 Å². The molecule has 15 heavy (non-hydrogen) atoms. The fourth-order valence-electron chi connectivity index (χ4n) is 1.90. The Hall–Kier alpha value is -0.800. The number of piperazine rings is 1. The molecule has 1 aliphatic heterocycles. The van der Waals surface area contributed by atoms with Crippen molar-refractivity contribution in [3.05, 3.63) is 29.0 Å². The predicted octanol–water partition coefficient (Wildman–Crippen LogP) is 2.28. The van der Waals surface area contributed by atoms with Gasteiger partial charge in [-0.3, -0.25) is 0 Å². The topological polar surface area (TPSA) is 15.3 Å². The van der Waals surface area contributed by atoms with E-state index in [-0.39, 0.29) is 5.82 Å². The number of hydrogen-bond donors (Lipinski definition) is 1. The molecule has 1 unspecified atom stereocenters. The summed E-state index contributed by atoms with van der Waals surface area (Å²) in [4.78, 5) is 2.05. The summed E-state index contributed by atoms with van der Waals surface area (Å²) < 4.78 is 13.6. The van der Waals surface area contributed by atoms with Crippen LogP contribution in [0.4, 0.5) is 10.1 Å². The molecule has 0 amide bonds. The Labute approximate surface area is 94.0 Å². The molecule has 0 saturated carbocycles. The fourth-order valence-corrected chi connectivity index (χ4v) is 2.07. The molecule has 1 heterocycles. The molecule has 0 aliphatic carbocycles. The van der Waals surface area contributed by atoms with Crippen LogP contribution in [0, 0.1) is 5.82 Å². The maximum absolute atomic E-state index is 13.6. The van der Waals surface area contributed by atoms with Gasteiger partial charge in [-0.1, -0.05) is 11.6 Å². The zero-order valence-electron chi connectivity index (χ0n) is 8.63. The number of nitrogens with one attached hydrogen (secondary N) is 1. The summed E-state index contributed by atoms with van der Waals surface area (Å²) in [5.74, 6) is -0.201. The summed E-state index contributed by atoms with van der Waals surface area (Å²) in [6, 6.07) is 4.99. The van der Waals surface area contributed by atoms with Crippen LogP contribution in [0.15, 0.2) is 18.2 Å². The van der Waals surface area contributed by atoms with Crippen LogP contribution in [0.5, 0.6) is 0 Å². The van der Waals surface area contributed by atoms with E-state index in [4.69, 9.17) is 11.6 Å². The van der Waals surface area contributed by atoms with Crippen molar-refractivity contribution >= 4 is 17.3 Å². The molecule has 1 aromatic carbocycles. The summed E-state index contributed by atoms with van der Waals surface area (Å²) in [7, 11) is 0. The van der Waals surface area contributed by atoms with Crippen LogP contribution in [0.1, 0.15) is 6.92 Å². The maximum atomic E-state index is 13.6. The standard InChI is InChI=1S/C11H14ClFN2/c1-8-7-14-4-5-15(8)11-6-9(12)2-3-10(11)13/h2-3,6,8,14H,4-5,7H2,1H3. The van der Waals surface area contributed by atoms with E-state index in [0.29, 0.717) is 16.8 Å². The van der Waals surface area contributed by atoms with Crippen LogP contribution in [0.25, 0.3) is 0 Å². The summed E-state index contributed by atoms with van der Waals surface area (Å²) in [6.07, 6.45) is 0. The van der Waals surface area contributed by atoms with E-state index in [0.717, 1.165) is 19.6 Å². The Morgan fingerprint density at radius 1 is 1.53 bits per heavy atom. The quantitative estimate of drug-likeness (QED) is 0.794. The summed E-state index contributed by atoms with van der Waals surface area (Å²) in [6.45, 7) is 4.66. The molecule has 1 N–H and O–H groups in total. The zero-order valence-corrected chi connectivity index (χ0v) is 9.39. The zero-order chi connectivity index (χ0) is 10.8. The van der Waals surface area contributed by atoms with Gasteiger partial charge in [0.25, 0.3) is 0 Å². The van der Waals surface area contributed by atoms with E-state index in [1.165, 1.54) is 6.07 Å². The molecule has 0 radical (unpaired) electrons. The van der Waals surface area contributed by atoms with Gasteiger partial charge in [0.2, 0.25) is 0 Å². The average Bonchev–Trinajstić information content (AvgIpc) is 2.23. The monoisotopic (exact) mass is 228 g/mol. The Morgan fingerprint density at radius 2 is 2.33 bits per heavy atom. The molecule has 2 rings (SSSR count). The molecule has 1 saturated heterocycles. The first-order chi connectivity index (χ1) is 7.18. The van der Waals surface area contributed by atoms with Crippen molar-refractivity contribution in [2.24, 2.45) is 0 Å². The van der Waals surface area contributed by atoms with Gasteiger partial charge in [0.05, 0.1) is 5.69 Å². The molecule has 0 aromatic heterocycles. The summed E-state index contributed by atoms with van der Waals surface area (Å²) in [5, 5.41) is 3.85. The van der Waals surface area contributed by atoms with Gasteiger partial charge in [0.15, 0.2) is 0 Å². The van der Waals surface area contributed by atoms with E-state index in [1.807, 2.05) is 0 Å². The lowest BCUT2D eigenvalue weighted by Crippen LogP contribution is -2.50. The number of rotatable bonds is 1. The molecule has 2 nitrogen and oxygen atoms in total. The highest BCUT2D eigenvalue weighted by molar-refractivity contribution is 6.30. The van der Waals surface area contributed by atoms with Crippen molar-refractivity contribution < 1.29 is 4.39 Å². The smallest absolute Gasteiger partial charge is 0.146 e. The van der Waals surface area contributed by atoms with Crippen molar-refractivity contribution in [1.82, 2.24) is 5.32 Å². The highest BCUT2D eigenvalue weighted by Crippen LogP contribution is 2.25. The minimum absolute atomic E-state index is 0.201. The lowest BCUT2D eigenvalue weighted by Gasteiger charge is -2.36. The Balaban J connectivity index is 2.30. The van der Waals surface area contributed by atoms with Crippen LogP contribution in [-0.2, 0) is 0 Å². The second-order valence-electron chi connectivity index (χ2n) is 3.84. The van der Waals surface area contributed by atoms with Crippen LogP contribution >= 0.6 is 11.6 Å². The van der Waals surface area contributed by atoms with Gasteiger partial charge in [-0.15, -0.1) is 0 Å². The summed E-state index contributed by atoms with van der Waals surface area (Å²) >= 11 is 5.87. The third-order valence-electron chi connectivity index (χ3n) is 2.72.